The molecule has 0 amide bonds. The van der Waals surface area contributed by atoms with Gasteiger partial charge in [0.15, 0.2) is 0 Å². The Morgan fingerprint density at radius 1 is 1.04 bits per heavy atom. The fourth-order valence-corrected chi connectivity index (χ4v) is 4.99. The van der Waals surface area contributed by atoms with Crippen molar-refractivity contribution in [1.82, 2.24) is 29.2 Å². The molecule has 0 aliphatic carbocycles. The van der Waals surface area contributed by atoms with Crippen molar-refractivity contribution in [3.63, 3.8) is 0 Å². The maximum absolute atomic E-state index is 12.7. The Labute approximate surface area is 165 Å². The molecule has 0 N–H and O–H groups in total. The third-order valence-corrected chi connectivity index (χ3v) is 6.50. The summed E-state index contributed by atoms with van der Waals surface area (Å²) >= 11 is 1.66. The number of nitrogens with zero attached hydrogens (tertiary/aromatic N) is 6. The summed E-state index contributed by atoms with van der Waals surface area (Å²) in [6.07, 6.45) is 5.28. The first-order chi connectivity index (χ1) is 13.6. The minimum Gasteiger partial charge on any atom is -0.296 e. The van der Waals surface area contributed by atoms with E-state index in [0.717, 1.165) is 43.3 Å². The second kappa shape index (κ2) is 6.75. The van der Waals surface area contributed by atoms with Crippen molar-refractivity contribution in [2.75, 3.05) is 13.1 Å². The van der Waals surface area contributed by atoms with Crippen LogP contribution in [0.1, 0.15) is 29.4 Å². The van der Waals surface area contributed by atoms with Crippen molar-refractivity contribution >= 4 is 11.3 Å². The monoisotopic (exact) mass is 396 g/mol. The molecule has 0 aromatic carbocycles. The van der Waals surface area contributed by atoms with E-state index in [1.807, 2.05) is 29.8 Å². The first kappa shape index (κ1) is 17.4. The maximum Gasteiger partial charge on any atom is 0.332 e. The second-order valence-corrected chi connectivity index (χ2v) is 8.46. The van der Waals surface area contributed by atoms with Crippen LogP contribution < -0.4 is 11.1 Å². The summed E-state index contributed by atoms with van der Waals surface area (Å²) < 4.78 is 2.87. The largest absolute Gasteiger partial charge is 0.332 e. The fourth-order valence-electron chi connectivity index (χ4n) is 4.33. The van der Waals surface area contributed by atoms with E-state index in [1.54, 1.807) is 22.1 Å². The number of aromatic nitrogens is 5. The van der Waals surface area contributed by atoms with Crippen molar-refractivity contribution in [2.45, 2.75) is 37.9 Å². The Kier molecular flexibility index (Phi) is 4.21. The summed E-state index contributed by atoms with van der Waals surface area (Å²) in [6, 6.07) is 5.52. The molecule has 0 unspecified atom stereocenters. The van der Waals surface area contributed by atoms with E-state index >= 15 is 0 Å². The number of hydrogen-bond acceptors (Lipinski definition) is 7. The number of pyridine rings is 1. The van der Waals surface area contributed by atoms with E-state index in [4.69, 9.17) is 0 Å². The molecule has 1 saturated heterocycles. The summed E-state index contributed by atoms with van der Waals surface area (Å²) in [5.41, 5.74) is -0.513. The van der Waals surface area contributed by atoms with E-state index in [2.05, 4.69) is 20.0 Å². The zero-order valence-corrected chi connectivity index (χ0v) is 16.1. The third kappa shape index (κ3) is 2.91. The lowest BCUT2D eigenvalue weighted by atomic mass is 9.85. The topological polar surface area (TPSA) is 85.9 Å². The number of thiazole rings is 1. The SMILES string of the molecule is O=c1c(=O)n2c(nn1Cc1ccccn1)[C@]1(CCN(Cc3nccs3)C1)CC2. The molecule has 3 aromatic rings. The van der Waals surface area contributed by atoms with E-state index in [1.165, 1.54) is 4.68 Å². The van der Waals surface area contributed by atoms with Gasteiger partial charge in [-0.05, 0) is 31.5 Å². The molecule has 1 atom stereocenters. The van der Waals surface area contributed by atoms with Gasteiger partial charge in [-0.1, -0.05) is 6.07 Å². The van der Waals surface area contributed by atoms with Gasteiger partial charge in [-0.25, -0.2) is 9.67 Å². The lowest BCUT2D eigenvalue weighted by Gasteiger charge is -2.23. The highest BCUT2D eigenvalue weighted by Gasteiger charge is 2.47. The minimum atomic E-state index is -0.580. The van der Waals surface area contributed by atoms with Crippen LogP contribution >= 0.6 is 11.3 Å². The molecular formula is C19H20N6O2S. The molecule has 1 fully saturated rings. The molecule has 2 aliphatic heterocycles. The van der Waals surface area contributed by atoms with Gasteiger partial charge in [0.05, 0.1) is 18.8 Å². The molecule has 5 heterocycles. The van der Waals surface area contributed by atoms with E-state index in [-0.39, 0.29) is 12.0 Å². The Hall–Kier alpha value is -2.65. The lowest BCUT2D eigenvalue weighted by Crippen LogP contribution is -2.45. The third-order valence-electron chi connectivity index (χ3n) is 5.74. The Morgan fingerprint density at radius 2 is 1.93 bits per heavy atom. The summed E-state index contributed by atoms with van der Waals surface area (Å²) in [7, 11) is 0. The smallest absolute Gasteiger partial charge is 0.296 e. The van der Waals surface area contributed by atoms with Crippen LogP contribution in [0.25, 0.3) is 0 Å². The molecule has 0 saturated carbocycles. The van der Waals surface area contributed by atoms with Crippen molar-refractivity contribution < 1.29 is 0 Å². The fraction of sp³-hybridized carbons (Fsp3) is 0.421. The highest BCUT2D eigenvalue weighted by atomic mass is 32.1. The van der Waals surface area contributed by atoms with Crippen LogP contribution in [0.3, 0.4) is 0 Å². The summed E-state index contributed by atoms with van der Waals surface area (Å²) in [5.74, 6) is 0.745. The predicted molar refractivity (Wildman–Crippen MR) is 104 cm³/mol. The van der Waals surface area contributed by atoms with Crippen molar-refractivity contribution in [3.05, 3.63) is 73.2 Å². The van der Waals surface area contributed by atoms with Gasteiger partial charge in [0.2, 0.25) is 0 Å². The number of rotatable bonds is 4. The molecule has 9 heteroatoms. The van der Waals surface area contributed by atoms with Crippen molar-refractivity contribution in [3.8, 4) is 0 Å². The van der Waals surface area contributed by atoms with Crippen LogP contribution in [0.15, 0.2) is 45.6 Å². The van der Waals surface area contributed by atoms with Crippen LogP contribution in [0.4, 0.5) is 0 Å². The number of likely N-dealkylation sites (tertiary alicyclic amines) is 1. The summed E-state index contributed by atoms with van der Waals surface area (Å²) in [4.78, 5) is 36.2. The van der Waals surface area contributed by atoms with Gasteiger partial charge in [0.1, 0.15) is 10.8 Å². The molecule has 1 spiro atoms. The molecule has 0 radical (unpaired) electrons. The molecule has 144 valence electrons. The van der Waals surface area contributed by atoms with E-state index in [9.17, 15) is 9.59 Å². The lowest BCUT2D eigenvalue weighted by molar-refractivity contribution is 0.297. The maximum atomic E-state index is 12.7. The van der Waals surface area contributed by atoms with Crippen LogP contribution in [0.5, 0.6) is 0 Å². The van der Waals surface area contributed by atoms with Crippen LogP contribution in [-0.2, 0) is 25.0 Å². The van der Waals surface area contributed by atoms with Gasteiger partial charge in [0, 0.05) is 36.3 Å². The van der Waals surface area contributed by atoms with Gasteiger partial charge in [0.25, 0.3) is 0 Å². The van der Waals surface area contributed by atoms with E-state index < -0.39 is 11.1 Å². The standard InChI is InChI=1S/C19H20N6O2S/c26-16-17(27)25(11-14-3-1-2-6-20-14)22-18-19(5-9-24(16)18)4-8-23(13-19)12-15-21-7-10-28-15/h1-3,6-7,10H,4-5,8-9,11-13H2/t19-/m1/s1. The van der Waals surface area contributed by atoms with Gasteiger partial charge in [-0.15, -0.1) is 11.3 Å². The minimum absolute atomic E-state index is 0.171. The molecule has 0 bridgehead atoms. The second-order valence-electron chi connectivity index (χ2n) is 7.48. The predicted octanol–water partition coefficient (Wildman–Crippen LogP) is 0.852. The average molecular weight is 396 g/mol. The van der Waals surface area contributed by atoms with Gasteiger partial charge >= 0.3 is 11.1 Å². The Balaban J connectivity index is 1.48. The molecule has 28 heavy (non-hydrogen) atoms. The van der Waals surface area contributed by atoms with Crippen LogP contribution in [0.2, 0.25) is 0 Å². The zero-order chi connectivity index (χ0) is 19.1. The molecule has 8 nitrogen and oxygen atoms in total. The number of hydrogen-bond donors (Lipinski definition) is 0. The van der Waals surface area contributed by atoms with E-state index in [0.29, 0.717) is 12.2 Å². The highest BCUT2D eigenvalue weighted by molar-refractivity contribution is 7.09. The van der Waals surface area contributed by atoms with Crippen molar-refractivity contribution in [2.24, 2.45) is 0 Å². The molecule has 5 rings (SSSR count). The van der Waals surface area contributed by atoms with Gasteiger partial charge < -0.3 is 0 Å². The molecular weight excluding hydrogens is 376 g/mol. The van der Waals surface area contributed by atoms with Gasteiger partial charge in [-0.2, -0.15) is 5.10 Å². The van der Waals surface area contributed by atoms with Crippen LogP contribution in [0, 0.1) is 0 Å². The van der Waals surface area contributed by atoms with Crippen molar-refractivity contribution in [1.29, 1.82) is 0 Å². The number of fused-ring (bicyclic) bond motifs is 2. The zero-order valence-electron chi connectivity index (χ0n) is 15.3. The van der Waals surface area contributed by atoms with Crippen LogP contribution in [-0.4, -0.2) is 42.3 Å². The first-order valence-electron chi connectivity index (χ1n) is 9.38. The Bertz CT molecular complexity index is 1110. The normalized spacial score (nSPS) is 21.4. The highest BCUT2D eigenvalue weighted by Crippen LogP contribution is 2.40. The first-order valence-corrected chi connectivity index (χ1v) is 10.3. The average Bonchev–Trinajstić information content (AvgIpc) is 3.44. The summed E-state index contributed by atoms with van der Waals surface area (Å²) in [5, 5.41) is 7.75. The molecule has 3 aromatic heterocycles. The molecule has 2 aliphatic rings. The summed E-state index contributed by atoms with van der Waals surface area (Å²) in [6.45, 7) is 3.36. The Morgan fingerprint density at radius 3 is 2.71 bits per heavy atom. The quantitative estimate of drug-likeness (QED) is 0.608. The van der Waals surface area contributed by atoms with Gasteiger partial charge in [-0.3, -0.25) is 24.0 Å².